The van der Waals surface area contributed by atoms with E-state index in [0.29, 0.717) is 11.3 Å². The predicted molar refractivity (Wildman–Crippen MR) is 132 cm³/mol. The van der Waals surface area contributed by atoms with Gasteiger partial charge in [0.25, 0.3) is 21.8 Å². The zero-order valence-corrected chi connectivity index (χ0v) is 20.5. The van der Waals surface area contributed by atoms with E-state index in [9.17, 15) is 31.2 Å². The van der Waals surface area contributed by atoms with Gasteiger partial charge in [0.05, 0.1) is 16.1 Å². The minimum atomic E-state index is -4.62. The van der Waals surface area contributed by atoms with E-state index in [4.69, 9.17) is 4.42 Å². The van der Waals surface area contributed by atoms with Crippen LogP contribution in [0.5, 0.6) is 0 Å². The number of hydrazine groups is 1. The number of nitrogens with zero attached hydrogens (tertiary/aromatic N) is 2. The monoisotopic (exact) mass is 560 g/mol. The number of nitrogens with one attached hydrogen (secondary N) is 2. The van der Waals surface area contributed by atoms with Crippen molar-refractivity contribution in [3.63, 3.8) is 0 Å². The number of carbonyl (C=O) groups excluding carboxylic acids is 2. The molecule has 4 aromatic rings. The summed E-state index contributed by atoms with van der Waals surface area (Å²) in [7, 11) is -3.84. The average molecular weight is 561 g/mol. The van der Waals surface area contributed by atoms with Crippen molar-refractivity contribution in [3.8, 4) is 11.3 Å². The van der Waals surface area contributed by atoms with Gasteiger partial charge in [-0.3, -0.25) is 19.7 Å². The SMILES string of the molecule is O=C1NN(c2cccc(C(F)(F)F)c2)C(=O)/C1=C\c1ccc(-c2ccc(S(=O)(=O)Nc3nccs3)cc2)o1. The number of sulfonamides is 1. The molecule has 2 N–H and O–H groups in total. The zero-order valence-electron chi connectivity index (χ0n) is 18.9. The molecule has 3 heterocycles. The van der Waals surface area contributed by atoms with Gasteiger partial charge in [-0.15, -0.1) is 11.3 Å². The molecule has 0 saturated carbocycles. The lowest BCUT2D eigenvalue weighted by Gasteiger charge is -2.16. The number of rotatable bonds is 6. The highest BCUT2D eigenvalue weighted by Crippen LogP contribution is 2.33. The highest BCUT2D eigenvalue weighted by Gasteiger charge is 2.37. The maximum atomic E-state index is 13.0. The van der Waals surface area contributed by atoms with Gasteiger partial charge >= 0.3 is 6.18 Å². The Hall–Kier alpha value is -4.43. The third kappa shape index (κ3) is 5.03. The largest absolute Gasteiger partial charge is 0.457 e. The fourth-order valence-electron chi connectivity index (χ4n) is 3.53. The molecule has 1 saturated heterocycles. The number of furan rings is 1. The molecule has 9 nitrogen and oxygen atoms in total. The molecule has 0 atom stereocenters. The number of hydrogen-bond donors (Lipinski definition) is 2. The number of carbonyl (C=O) groups is 2. The van der Waals surface area contributed by atoms with Crippen molar-refractivity contribution in [2.75, 3.05) is 9.73 Å². The number of hydrogen-bond acceptors (Lipinski definition) is 7. The van der Waals surface area contributed by atoms with Crippen molar-refractivity contribution >= 4 is 50.1 Å². The molecule has 1 aliphatic heterocycles. The van der Waals surface area contributed by atoms with Crippen molar-refractivity contribution in [1.29, 1.82) is 0 Å². The molecule has 1 aliphatic rings. The highest BCUT2D eigenvalue weighted by atomic mass is 32.2. The van der Waals surface area contributed by atoms with Crippen LogP contribution in [-0.2, 0) is 25.8 Å². The predicted octanol–water partition coefficient (Wildman–Crippen LogP) is 4.68. The molecule has 2 amide bonds. The summed E-state index contributed by atoms with van der Waals surface area (Å²) in [6.45, 7) is 0. The molecule has 2 aromatic carbocycles. The zero-order chi connectivity index (χ0) is 27.1. The molecule has 5 rings (SSSR count). The summed E-state index contributed by atoms with van der Waals surface area (Å²) in [5.74, 6) is -1.21. The molecular formula is C24H15F3N4O5S2. The van der Waals surface area contributed by atoms with E-state index in [1.165, 1.54) is 48.7 Å². The first kappa shape index (κ1) is 25.2. The molecule has 38 heavy (non-hydrogen) atoms. The molecule has 2 aromatic heterocycles. The van der Waals surface area contributed by atoms with Crippen LogP contribution >= 0.6 is 11.3 Å². The summed E-state index contributed by atoms with van der Waals surface area (Å²) >= 11 is 1.14. The summed E-state index contributed by atoms with van der Waals surface area (Å²) in [4.78, 5) is 29.1. The van der Waals surface area contributed by atoms with E-state index in [1.54, 1.807) is 11.4 Å². The summed E-state index contributed by atoms with van der Waals surface area (Å²) in [5, 5.41) is 2.60. The van der Waals surface area contributed by atoms with Crippen molar-refractivity contribution < 1.29 is 35.6 Å². The Kier molecular flexibility index (Phi) is 6.28. The molecule has 0 unspecified atom stereocenters. The lowest BCUT2D eigenvalue weighted by molar-refractivity contribution is -0.137. The van der Waals surface area contributed by atoms with E-state index < -0.39 is 33.6 Å². The van der Waals surface area contributed by atoms with Crippen LogP contribution in [0.2, 0.25) is 0 Å². The second-order valence-electron chi connectivity index (χ2n) is 7.86. The van der Waals surface area contributed by atoms with Crippen molar-refractivity contribution in [2.24, 2.45) is 0 Å². The highest BCUT2D eigenvalue weighted by molar-refractivity contribution is 7.93. The number of aromatic nitrogens is 1. The maximum absolute atomic E-state index is 13.0. The fourth-order valence-corrected chi connectivity index (χ4v) is 5.32. The number of halogens is 3. The van der Waals surface area contributed by atoms with Gasteiger partial charge in [-0.25, -0.2) is 18.4 Å². The summed E-state index contributed by atoms with van der Waals surface area (Å²) in [6.07, 6.45) is -1.97. The smallest absolute Gasteiger partial charge is 0.416 e. The normalized spacial score (nSPS) is 15.2. The average Bonchev–Trinajstić information content (AvgIpc) is 3.62. The van der Waals surface area contributed by atoms with Crippen LogP contribution < -0.4 is 15.2 Å². The summed E-state index contributed by atoms with van der Waals surface area (Å²) in [6, 6.07) is 12.9. The first-order valence-electron chi connectivity index (χ1n) is 10.7. The van der Waals surface area contributed by atoms with Gasteiger partial charge in [-0.1, -0.05) is 6.07 Å². The van der Waals surface area contributed by atoms with E-state index >= 15 is 0 Å². The maximum Gasteiger partial charge on any atom is 0.416 e. The van der Waals surface area contributed by atoms with Crippen LogP contribution in [0.1, 0.15) is 11.3 Å². The van der Waals surface area contributed by atoms with Gasteiger partial charge in [0.15, 0.2) is 5.13 Å². The lowest BCUT2D eigenvalue weighted by atomic mass is 10.1. The Labute approximate surface area is 217 Å². The third-order valence-electron chi connectivity index (χ3n) is 5.34. The van der Waals surface area contributed by atoms with Crippen molar-refractivity contribution in [1.82, 2.24) is 10.4 Å². The molecular weight excluding hydrogens is 545 g/mol. The Bertz CT molecular complexity index is 1660. The minimum absolute atomic E-state index is 0.00764. The number of benzene rings is 2. The third-order valence-corrected chi connectivity index (χ3v) is 7.51. The van der Waals surface area contributed by atoms with Crippen LogP contribution in [0.4, 0.5) is 24.0 Å². The van der Waals surface area contributed by atoms with Crippen LogP contribution in [0.15, 0.2) is 87.1 Å². The molecule has 0 bridgehead atoms. The molecule has 0 radical (unpaired) electrons. The van der Waals surface area contributed by atoms with E-state index in [-0.39, 0.29) is 27.0 Å². The molecule has 1 fully saturated rings. The second-order valence-corrected chi connectivity index (χ2v) is 10.4. The molecule has 14 heteroatoms. The topological polar surface area (TPSA) is 122 Å². The van der Waals surface area contributed by atoms with Crippen LogP contribution in [-0.4, -0.2) is 25.2 Å². The van der Waals surface area contributed by atoms with E-state index in [1.807, 2.05) is 0 Å². The quantitative estimate of drug-likeness (QED) is 0.261. The standard InChI is InChI=1S/C24H15F3N4O5S2/c25-24(26,27)15-2-1-3-16(12-15)31-22(33)19(21(32)29-31)13-17-6-9-20(36-17)14-4-7-18(8-5-14)38(34,35)30-23-28-10-11-37-23/h1-13H,(H,28,30)(H,29,32)/b19-13-. The number of amides is 2. The van der Waals surface area contributed by atoms with Gasteiger partial charge < -0.3 is 4.42 Å². The van der Waals surface area contributed by atoms with Crippen LogP contribution in [0.3, 0.4) is 0 Å². The number of anilines is 2. The minimum Gasteiger partial charge on any atom is -0.457 e. The summed E-state index contributed by atoms with van der Waals surface area (Å²) < 4.78 is 72.2. The van der Waals surface area contributed by atoms with Gasteiger partial charge in [0.2, 0.25) is 0 Å². The van der Waals surface area contributed by atoms with Crippen LogP contribution in [0, 0.1) is 0 Å². The van der Waals surface area contributed by atoms with E-state index in [2.05, 4.69) is 15.1 Å². The fraction of sp³-hybridized carbons (Fsp3) is 0.0417. The Balaban J connectivity index is 1.34. The molecule has 0 spiro atoms. The Morgan fingerprint density at radius 2 is 1.82 bits per heavy atom. The van der Waals surface area contributed by atoms with Crippen LogP contribution in [0.25, 0.3) is 17.4 Å². The van der Waals surface area contributed by atoms with Gasteiger partial charge in [0.1, 0.15) is 17.1 Å². The second kappa shape index (κ2) is 9.46. The van der Waals surface area contributed by atoms with Gasteiger partial charge in [0, 0.05) is 17.1 Å². The lowest BCUT2D eigenvalue weighted by Crippen LogP contribution is -2.35. The van der Waals surface area contributed by atoms with Crippen molar-refractivity contribution in [3.05, 3.63) is 89.1 Å². The summed E-state index contributed by atoms with van der Waals surface area (Å²) in [5.41, 5.74) is 1.31. The van der Waals surface area contributed by atoms with E-state index in [0.717, 1.165) is 34.5 Å². The van der Waals surface area contributed by atoms with Crippen molar-refractivity contribution in [2.45, 2.75) is 11.1 Å². The van der Waals surface area contributed by atoms with Gasteiger partial charge in [-0.05, 0) is 60.7 Å². The van der Waals surface area contributed by atoms with Gasteiger partial charge in [-0.2, -0.15) is 13.2 Å². The Morgan fingerprint density at radius 1 is 1.05 bits per heavy atom. The molecule has 0 aliphatic carbocycles. The molecule has 194 valence electrons. The first-order valence-corrected chi connectivity index (χ1v) is 13.0. The Morgan fingerprint density at radius 3 is 2.50 bits per heavy atom. The number of alkyl halides is 3. The number of thiazole rings is 1. The first-order chi connectivity index (χ1) is 18.0.